The van der Waals surface area contributed by atoms with E-state index in [0.717, 1.165) is 4.47 Å². The number of hydrogen-bond donors (Lipinski definition) is 3. The summed E-state index contributed by atoms with van der Waals surface area (Å²) in [5, 5.41) is 21.3. The molecular formula is C14H12BrNO4. The monoisotopic (exact) mass is 337 g/mol. The largest absolute Gasteiger partial charge is 0.504 e. The third-order valence-corrected chi connectivity index (χ3v) is 3.14. The van der Waals surface area contributed by atoms with Gasteiger partial charge in [0.05, 0.1) is 12.8 Å². The number of carbonyl (C=O) groups excluding carboxylic acids is 1. The summed E-state index contributed by atoms with van der Waals surface area (Å²) in [6.45, 7) is 0. The molecule has 1 amide bonds. The quantitative estimate of drug-likeness (QED) is 0.752. The van der Waals surface area contributed by atoms with Crippen molar-refractivity contribution < 1.29 is 19.7 Å². The van der Waals surface area contributed by atoms with Crippen LogP contribution in [0.2, 0.25) is 0 Å². The van der Waals surface area contributed by atoms with Crippen molar-refractivity contribution in [2.75, 3.05) is 12.4 Å². The van der Waals surface area contributed by atoms with E-state index in [0.29, 0.717) is 11.4 Å². The third-order valence-electron chi connectivity index (χ3n) is 2.65. The number of phenols is 2. The summed E-state index contributed by atoms with van der Waals surface area (Å²) in [5.41, 5.74) is 0.724. The van der Waals surface area contributed by atoms with Crippen LogP contribution in [-0.4, -0.2) is 23.2 Å². The molecule has 6 heteroatoms. The first kappa shape index (κ1) is 14.2. The first-order chi connectivity index (χ1) is 9.51. The maximum absolute atomic E-state index is 12.1. The van der Waals surface area contributed by atoms with Crippen LogP contribution in [0, 0.1) is 0 Å². The number of phenolic OH excluding ortho intramolecular Hbond substituents is 2. The summed E-state index contributed by atoms with van der Waals surface area (Å²) in [6.07, 6.45) is 0. The van der Waals surface area contributed by atoms with Crippen molar-refractivity contribution in [2.45, 2.75) is 0 Å². The molecule has 0 heterocycles. The lowest BCUT2D eigenvalue weighted by Crippen LogP contribution is -2.12. The zero-order chi connectivity index (χ0) is 14.7. The number of rotatable bonds is 3. The van der Waals surface area contributed by atoms with E-state index in [4.69, 9.17) is 4.74 Å². The average Bonchev–Trinajstić information content (AvgIpc) is 2.42. The standard InChI is InChI=1S/C14H12BrNO4/c1-20-13-5-3-9(15)7-10(13)16-14(19)8-2-4-11(17)12(18)6-8/h2-7,17-18H,1H3,(H,16,19). The minimum atomic E-state index is -0.420. The van der Waals surface area contributed by atoms with E-state index < -0.39 is 5.91 Å². The Kier molecular flexibility index (Phi) is 4.14. The molecule has 2 rings (SSSR count). The number of hydrogen-bond acceptors (Lipinski definition) is 4. The summed E-state index contributed by atoms with van der Waals surface area (Å²) in [6, 6.07) is 9.07. The van der Waals surface area contributed by atoms with Crippen molar-refractivity contribution in [3.63, 3.8) is 0 Å². The number of anilines is 1. The molecule has 5 nitrogen and oxygen atoms in total. The van der Waals surface area contributed by atoms with E-state index in [9.17, 15) is 15.0 Å². The molecule has 0 spiro atoms. The molecule has 0 radical (unpaired) electrons. The molecular weight excluding hydrogens is 326 g/mol. The first-order valence-electron chi connectivity index (χ1n) is 5.68. The number of benzene rings is 2. The minimum absolute atomic E-state index is 0.224. The molecule has 104 valence electrons. The van der Waals surface area contributed by atoms with E-state index in [2.05, 4.69) is 21.2 Å². The van der Waals surface area contributed by atoms with Gasteiger partial charge in [0.15, 0.2) is 11.5 Å². The fourth-order valence-corrected chi connectivity index (χ4v) is 2.00. The van der Waals surface area contributed by atoms with Crippen LogP contribution in [0.25, 0.3) is 0 Å². The van der Waals surface area contributed by atoms with Crippen molar-refractivity contribution in [1.29, 1.82) is 0 Å². The molecule has 2 aromatic rings. The number of ether oxygens (including phenoxy) is 1. The Bertz CT molecular complexity index is 658. The van der Waals surface area contributed by atoms with Gasteiger partial charge in [0.2, 0.25) is 0 Å². The number of halogens is 1. The van der Waals surface area contributed by atoms with Crippen LogP contribution in [-0.2, 0) is 0 Å². The van der Waals surface area contributed by atoms with Gasteiger partial charge in [-0.2, -0.15) is 0 Å². The Morgan fingerprint density at radius 1 is 1.15 bits per heavy atom. The molecule has 0 fully saturated rings. The minimum Gasteiger partial charge on any atom is -0.504 e. The van der Waals surface area contributed by atoms with Gasteiger partial charge in [-0.3, -0.25) is 4.79 Å². The van der Waals surface area contributed by atoms with Gasteiger partial charge in [-0.25, -0.2) is 0 Å². The van der Waals surface area contributed by atoms with E-state index in [1.54, 1.807) is 18.2 Å². The zero-order valence-electron chi connectivity index (χ0n) is 10.6. The molecule has 3 N–H and O–H groups in total. The maximum atomic E-state index is 12.1. The topological polar surface area (TPSA) is 78.8 Å². The highest BCUT2D eigenvalue weighted by molar-refractivity contribution is 9.10. The van der Waals surface area contributed by atoms with E-state index in [1.807, 2.05) is 0 Å². The lowest BCUT2D eigenvalue weighted by atomic mass is 10.2. The highest BCUT2D eigenvalue weighted by Gasteiger charge is 2.12. The van der Waals surface area contributed by atoms with Crippen LogP contribution in [0.4, 0.5) is 5.69 Å². The van der Waals surface area contributed by atoms with Gasteiger partial charge in [0.1, 0.15) is 5.75 Å². The molecule has 0 aliphatic rings. The number of carbonyl (C=O) groups is 1. The number of amides is 1. The second-order valence-corrected chi connectivity index (χ2v) is 4.92. The molecule has 0 bridgehead atoms. The predicted molar refractivity (Wildman–Crippen MR) is 78.4 cm³/mol. The zero-order valence-corrected chi connectivity index (χ0v) is 12.1. The van der Waals surface area contributed by atoms with Crippen LogP contribution in [0.1, 0.15) is 10.4 Å². The van der Waals surface area contributed by atoms with Crippen molar-refractivity contribution in [3.05, 3.63) is 46.4 Å². The molecule has 0 unspecified atom stereocenters. The average molecular weight is 338 g/mol. The Morgan fingerprint density at radius 3 is 2.55 bits per heavy atom. The predicted octanol–water partition coefficient (Wildman–Crippen LogP) is 3.12. The number of methoxy groups -OCH3 is 1. The Morgan fingerprint density at radius 2 is 1.90 bits per heavy atom. The Labute approximate surface area is 123 Å². The molecule has 0 saturated carbocycles. The highest BCUT2D eigenvalue weighted by Crippen LogP contribution is 2.29. The fourth-order valence-electron chi connectivity index (χ4n) is 1.64. The molecule has 0 saturated heterocycles. The number of nitrogens with one attached hydrogen (secondary N) is 1. The summed E-state index contributed by atoms with van der Waals surface area (Å²) in [5.74, 6) is -0.526. The van der Waals surface area contributed by atoms with Crippen LogP contribution < -0.4 is 10.1 Å². The molecule has 0 aliphatic carbocycles. The van der Waals surface area contributed by atoms with Crippen molar-refractivity contribution in [2.24, 2.45) is 0 Å². The Balaban J connectivity index is 2.27. The van der Waals surface area contributed by atoms with Crippen LogP contribution in [0.15, 0.2) is 40.9 Å². The van der Waals surface area contributed by atoms with Gasteiger partial charge in [-0.15, -0.1) is 0 Å². The van der Waals surface area contributed by atoms with Gasteiger partial charge in [0.25, 0.3) is 5.91 Å². The van der Waals surface area contributed by atoms with Gasteiger partial charge >= 0.3 is 0 Å². The molecule has 0 atom stereocenters. The van der Waals surface area contributed by atoms with Gasteiger partial charge < -0.3 is 20.3 Å². The van der Waals surface area contributed by atoms with Crippen molar-refractivity contribution >= 4 is 27.5 Å². The van der Waals surface area contributed by atoms with Crippen molar-refractivity contribution in [1.82, 2.24) is 0 Å². The summed E-state index contributed by atoms with van der Waals surface area (Å²) >= 11 is 3.31. The molecule has 2 aromatic carbocycles. The second-order valence-electron chi connectivity index (χ2n) is 4.00. The summed E-state index contributed by atoms with van der Waals surface area (Å²) in [7, 11) is 1.51. The lowest BCUT2D eigenvalue weighted by Gasteiger charge is -2.11. The second kappa shape index (κ2) is 5.83. The molecule has 20 heavy (non-hydrogen) atoms. The van der Waals surface area contributed by atoms with E-state index >= 15 is 0 Å². The maximum Gasteiger partial charge on any atom is 0.255 e. The van der Waals surface area contributed by atoms with Gasteiger partial charge in [-0.05, 0) is 36.4 Å². The summed E-state index contributed by atoms with van der Waals surface area (Å²) in [4.78, 5) is 12.1. The fraction of sp³-hybridized carbons (Fsp3) is 0.0714. The lowest BCUT2D eigenvalue weighted by molar-refractivity contribution is 0.102. The number of aromatic hydroxyl groups is 2. The highest BCUT2D eigenvalue weighted by atomic mass is 79.9. The summed E-state index contributed by atoms with van der Waals surface area (Å²) < 4.78 is 5.95. The van der Waals surface area contributed by atoms with Crippen LogP contribution in [0.5, 0.6) is 17.2 Å². The van der Waals surface area contributed by atoms with E-state index in [1.165, 1.54) is 25.3 Å². The Hall–Kier alpha value is -2.21. The van der Waals surface area contributed by atoms with Crippen molar-refractivity contribution in [3.8, 4) is 17.2 Å². The van der Waals surface area contributed by atoms with Gasteiger partial charge in [0, 0.05) is 10.0 Å². The van der Waals surface area contributed by atoms with Crippen LogP contribution in [0.3, 0.4) is 0 Å². The van der Waals surface area contributed by atoms with E-state index in [-0.39, 0.29) is 17.1 Å². The third kappa shape index (κ3) is 3.03. The smallest absolute Gasteiger partial charge is 0.255 e. The van der Waals surface area contributed by atoms with Crippen LogP contribution >= 0.6 is 15.9 Å². The normalized spacial score (nSPS) is 10.1. The first-order valence-corrected chi connectivity index (χ1v) is 6.47. The molecule has 0 aliphatic heterocycles. The molecule has 0 aromatic heterocycles. The van der Waals surface area contributed by atoms with Gasteiger partial charge in [-0.1, -0.05) is 15.9 Å². The SMILES string of the molecule is COc1ccc(Br)cc1NC(=O)c1ccc(O)c(O)c1.